The number of rotatable bonds is 4. The molecule has 154 valence electrons. The first-order valence-electron chi connectivity index (χ1n) is 9.71. The number of likely N-dealkylation sites (N-methyl/N-ethyl adjacent to an activating group) is 1. The molecular weight excluding hydrogens is 392 g/mol. The highest BCUT2D eigenvalue weighted by atomic mass is 33.1. The maximum atomic E-state index is 12.6. The van der Waals surface area contributed by atoms with Crippen LogP contribution in [0.2, 0.25) is 0 Å². The number of aromatic nitrogens is 1. The topological polar surface area (TPSA) is 54.6 Å². The van der Waals surface area contributed by atoms with Crippen molar-refractivity contribution < 1.29 is 14.3 Å². The smallest absolute Gasteiger partial charge is 0.314 e. The molecular formula is C21H30N2O3S2. The normalized spacial score (nSPS) is 21.9. The van der Waals surface area contributed by atoms with Crippen LogP contribution < -0.4 is 0 Å². The van der Waals surface area contributed by atoms with E-state index in [4.69, 9.17) is 9.47 Å². The van der Waals surface area contributed by atoms with Gasteiger partial charge in [0, 0.05) is 41.7 Å². The van der Waals surface area contributed by atoms with Gasteiger partial charge in [0.15, 0.2) is 0 Å². The third-order valence-electron chi connectivity index (χ3n) is 5.54. The second-order valence-corrected chi connectivity index (χ2v) is 9.82. The highest BCUT2D eigenvalue weighted by molar-refractivity contribution is 8.76. The molecule has 0 spiro atoms. The van der Waals surface area contributed by atoms with E-state index in [0.717, 1.165) is 50.0 Å². The summed E-state index contributed by atoms with van der Waals surface area (Å²) in [5.41, 5.74) is 3.37. The van der Waals surface area contributed by atoms with E-state index >= 15 is 0 Å². The fourth-order valence-corrected chi connectivity index (χ4v) is 5.43. The number of carbonyl (C=O) groups is 1. The van der Waals surface area contributed by atoms with Crippen molar-refractivity contribution in [3.8, 4) is 0 Å². The van der Waals surface area contributed by atoms with Crippen LogP contribution in [0, 0.1) is 0 Å². The Morgan fingerprint density at radius 2 is 2.11 bits per heavy atom. The van der Waals surface area contributed by atoms with Gasteiger partial charge in [0.1, 0.15) is 0 Å². The molecule has 0 fully saturated rings. The summed E-state index contributed by atoms with van der Waals surface area (Å²) in [6, 6.07) is 6.52. The number of H-pyrrole nitrogens is 1. The second-order valence-electron chi connectivity index (χ2n) is 7.35. The van der Waals surface area contributed by atoms with Crippen LogP contribution in [-0.2, 0) is 20.7 Å². The summed E-state index contributed by atoms with van der Waals surface area (Å²) < 4.78 is 10.8. The molecule has 1 aliphatic rings. The van der Waals surface area contributed by atoms with Crippen molar-refractivity contribution in [2.45, 2.75) is 42.6 Å². The summed E-state index contributed by atoms with van der Waals surface area (Å²) in [4.78, 5) is 19.8. The van der Waals surface area contributed by atoms with Crippen molar-refractivity contribution in [2.75, 3.05) is 40.6 Å². The van der Waals surface area contributed by atoms with Crippen molar-refractivity contribution in [1.29, 1.82) is 0 Å². The monoisotopic (exact) mass is 422 g/mol. The Balaban J connectivity index is 2.05. The lowest BCUT2D eigenvalue weighted by molar-refractivity contribution is -0.142. The van der Waals surface area contributed by atoms with Crippen molar-refractivity contribution in [3.63, 3.8) is 0 Å². The van der Waals surface area contributed by atoms with Gasteiger partial charge in [-0.05, 0) is 62.7 Å². The van der Waals surface area contributed by atoms with Crippen LogP contribution in [0.4, 0.5) is 0 Å². The summed E-state index contributed by atoms with van der Waals surface area (Å²) in [5, 5.41) is 1.22. The Morgan fingerprint density at radius 1 is 1.29 bits per heavy atom. The van der Waals surface area contributed by atoms with Crippen LogP contribution in [0.5, 0.6) is 0 Å². The Labute approximate surface area is 175 Å². The molecule has 3 rings (SSSR count). The third kappa shape index (κ3) is 4.87. The zero-order valence-electron chi connectivity index (χ0n) is 17.1. The maximum Gasteiger partial charge on any atom is 0.314 e. The minimum absolute atomic E-state index is 0.159. The lowest BCUT2D eigenvalue weighted by Crippen LogP contribution is -2.31. The van der Waals surface area contributed by atoms with Crippen LogP contribution in [0.15, 0.2) is 23.1 Å². The summed E-state index contributed by atoms with van der Waals surface area (Å²) in [5.74, 6) is -0.418. The molecule has 2 aromatic rings. The predicted octanol–water partition coefficient (Wildman–Crippen LogP) is 4.47. The first kappa shape index (κ1) is 21.6. The van der Waals surface area contributed by atoms with Crippen LogP contribution in [-0.4, -0.2) is 62.6 Å². The number of hydrogen-bond donors (Lipinski definition) is 1. The molecule has 0 radical (unpaired) electrons. The van der Waals surface area contributed by atoms with E-state index in [0.29, 0.717) is 0 Å². The van der Waals surface area contributed by atoms with E-state index in [2.05, 4.69) is 41.4 Å². The van der Waals surface area contributed by atoms with Gasteiger partial charge in [-0.15, -0.1) is 0 Å². The van der Waals surface area contributed by atoms with Crippen LogP contribution in [0.25, 0.3) is 10.9 Å². The maximum absolute atomic E-state index is 12.6. The van der Waals surface area contributed by atoms with Gasteiger partial charge in [0.25, 0.3) is 0 Å². The fraction of sp³-hybridized carbons (Fsp3) is 0.571. The summed E-state index contributed by atoms with van der Waals surface area (Å²) >= 11 is 0. The van der Waals surface area contributed by atoms with Gasteiger partial charge in [-0.3, -0.25) is 4.79 Å². The van der Waals surface area contributed by atoms with Crippen molar-refractivity contribution in [3.05, 3.63) is 29.5 Å². The quantitative estimate of drug-likeness (QED) is 0.580. The largest absolute Gasteiger partial charge is 0.469 e. The molecule has 0 aliphatic carbocycles. The number of carbonyl (C=O) groups excluding carboxylic acids is 1. The molecule has 1 N–H and O–H groups in total. The van der Waals surface area contributed by atoms with Crippen LogP contribution >= 0.6 is 21.6 Å². The number of benzene rings is 1. The van der Waals surface area contributed by atoms with Gasteiger partial charge in [-0.2, -0.15) is 0 Å². The minimum atomic E-state index is -0.259. The Morgan fingerprint density at radius 3 is 2.82 bits per heavy atom. The van der Waals surface area contributed by atoms with Crippen molar-refractivity contribution >= 4 is 38.5 Å². The Hall–Kier alpha value is -1.15. The van der Waals surface area contributed by atoms with Gasteiger partial charge >= 0.3 is 5.97 Å². The van der Waals surface area contributed by atoms with Gasteiger partial charge < -0.3 is 19.4 Å². The molecule has 0 amide bonds. The zero-order valence-corrected chi connectivity index (χ0v) is 18.8. The molecule has 2 heterocycles. The minimum Gasteiger partial charge on any atom is -0.469 e. The van der Waals surface area contributed by atoms with Crippen LogP contribution in [0.1, 0.15) is 36.4 Å². The molecule has 1 aromatic heterocycles. The van der Waals surface area contributed by atoms with Gasteiger partial charge in [-0.25, -0.2) is 0 Å². The first-order valence-corrected chi connectivity index (χ1v) is 12.3. The number of aromatic amines is 1. The van der Waals surface area contributed by atoms with Gasteiger partial charge in [-0.1, -0.05) is 21.6 Å². The molecule has 0 saturated carbocycles. The number of hydrogen-bond acceptors (Lipinski definition) is 6. The molecule has 2 atom stereocenters. The number of nitrogens with zero attached hydrogens (tertiary/aromatic N) is 1. The first-order chi connectivity index (χ1) is 13.6. The zero-order chi connectivity index (χ0) is 20.1. The highest BCUT2D eigenvalue weighted by Crippen LogP contribution is 2.36. The van der Waals surface area contributed by atoms with Gasteiger partial charge in [0.05, 0.1) is 19.1 Å². The van der Waals surface area contributed by atoms with E-state index in [1.165, 1.54) is 23.0 Å². The molecule has 5 nitrogen and oxygen atoms in total. The lowest BCUT2D eigenvalue weighted by atomic mass is 9.93. The van der Waals surface area contributed by atoms with E-state index in [9.17, 15) is 4.79 Å². The highest BCUT2D eigenvalue weighted by Gasteiger charge is 2.28. The number of methoxy groups -OCH3 is 2. The summed E-state index contributed by atoms with van der Waals surface area (Å²) in [7, 11) is 8.91. The molecule has 1 aliphatic heterocycles. The van der Waals surface area contributed by atoms with Gasteiger partial charge in [0.2, 0.25) is 0 Å². The van der Waals surface area contributed by atoms with E-state index in [1.54, 1.807) is 28.7 Å². The van der Waals surface area contributed by atoms with E-state index in [1.807, 2.05) is 0 Å². The SMILES string of the molecule is COC(=O)C1CCCC(OC)CN(C)CCc2c1[nH]c1ccc(SSC)cc21. The number of esters is 1. The number of nitrogens with one attached hydrogen (secondary N) is 1. The number of fused-ring (bicyclic) bond motifs is 3. The van der Waals surface area contributed by atoms with Crippen molar-refractivity contribution in [2.24, 2.45) is 0 Å². The summed E-state index contributed by atoms with van der Waals surface area (Å²) in [6.07, 6.45) is 5.81. The molecule has 1 aromatic carbocycles. The third-order valence-corrected chi connectivity index (χ3v) is 7.23. The molecule has 7 heteroatoms. The van der Waals surface area contributed by atoms with E-state index in [-0.39, 0.29) is 18.0 Å². The Bertz CT molecular complexity index is 808. The lowest BCUT2D eigenvalue weighted by Gasteiger charge is -2.22. The predicted molar refractivity (Wildman–Crippen MR) is 118 cm³/mol. The standard InChI is InChI=1S/C21H30N2O3S2/c1-23-11-10-16-18-12-15(28-27-4)8-9-19(18)22-20(16)17(21(24)26-3)7-5-6-14(13-23)25-2/h8-9,12,14,17,22H,5-7,10-11,13H2,1-4H3. The molecule has 2 unspecified atom stereocenters. The molecule has 0 saturated heterocycles. The average Bonchev–Trinajstić information content (AvgIpc) is 3.04. The molecule has 28 heavy (non-hydrogen) atoms. The van der Waals surface area contributed by atoms with Crippen molar-refractivity contribution in [1.82, 2.24) is 9.88 Å². The number of ether oxygens (including phenoxy) is 2. The average molecular weight is 423 g/mol. The molecule has 0 bridgehead atoms. The van der Waals surface area contributed by atoms with Crippen LogP contribution in [0.3, 0.4) is 0 Å². The Kier molecular flexibility index (Phi) is 7.74. The summed E-state index contributed by atoms with van der Waals surface area (Å²) in [6.45, 7) is 1.83. The second kappa shape index (κ2) is 10.1. The van der Waals surface area contributed by atoms with E-state index < -0.39 is 0 Å². The fourth-order valence-electron chi connectivity index (χ4n) is 4.06.